The number of anilines is 1. The Morgan fingerprint density at radius 2 is 1.88 bits per heavy atom. The zero-order valence-electron chi connectivity index (χ0n) is 15.1. The summed E-state index contributed by atoms with van der Waals surface area (Å²) in [6.45, 7) is 2.01. The van der Waals surface area contributed by atoms with Gasteiger partial charge in [-0.25, -0.2) is 0 Å². The summed E-state index contributed by atoms with van der Waals surface area (Å²) in [6, 6.07) is 16.5. The van der Waals surface area contributed by atoms with E-state index in [1.807, 2.05) is 24.3 Å². The molecule has 2 aromatic rings. The summed E-state index contributed by atoms with van der Waals surface area (Å²) >= 11 is 0. The van der Waals surface area contributed by atoms with Crippen molar-refractivity contribution in [3.8, 4) is 0 Å². The lowest BCUT2D eigenvalue weighted by molar-refractivity contribution is -0.140. The zero-order chi connectivity index (χ0) is 18.5. The Labute approximate surface area is 154 Å². The fourth-order valence-electron chi connectivity index (χ4n) is 3.42. The van der Waals surface area contributed by atoms with Crippen molar-refractivity contribution in [3.63, 3.8) is 0 Å². The molecule has 136 valence electrons. The van der Waals surface area contributed by atoms with Crippen LogP contribution in [-0.2, 0) is 16.0 Å². The van der Waals surface area contributed by atoms with Gasteiger partial charge in [0.15, 0.2) is 0 Å². The molecular weight excluding hydrogens is 326 g/mol. The predicted molar refractivity (Wildman–Crippen MR) is 104 cm³/mol. The molecule has 0 amide bonds. The molecule has 0 spiro atoms. The van der Waals surface area contributed by atoms with Gasteiger partial charge in [0.1, 0.15) is 5.84 Å². The average Bonchev–Trinajstić information content (AvgIpc) is 3.16. The number of methoxy groups -OCH3 is 1. The quantitative estimate of drug-likeness (QED) is 0.476. The maximum Gasteiger partial charge on any atom is 0.305 e. The van der Waals surface area contributed by atoms with Crippen LogP contribution in [0, 0.1) is 5.41 Å². The van der Waals surface area contributed by atoms with Crippen molar-refractivity contribution in [2.75, 3.05) is 25.1 Å². The van der Waals surface area contributed by atoms with Gasteiger partial charge in [0.25, 0.3) is 0 Å². The Bertz CT molecular complexity index is 769. The van der Waals surface area contributed by atoms with Crippen LogP contribution in [0.5, 0.6) is 0 Å². The number of nitrogens with one attached hydrogen (secondary N) is 1. The number of benzene rings is 2. The van der Waals surface area contributed by atoms with Crippen molar-refractivity contribution in [1.29, 1.82) is 5.41 Å². The number of carbonyl (C=O) groups is 1. The number of carbonyl (C=O) groups excluding carboxylic acids is 1. The molecular formula is C21H25N3O2. The van der Waals surface area contributed by atoms with E-state index < -0.39 is 0 Å². The third-order valence-electron chi connectivity index (χ3n) is 5.03. The van der Waals surface area contributed by atoms with E-state index in [0.29, 0.717) is 18.8 Å². The van der Waals surface area contributed by atoms with Crippen LogP contribution >= 0.6 is 0 Å². The van der Waals surface area contributed by atoms with E-state index >= 15 is 0 Å². The number of esters is 1. The number of nitrogens with two attached hydrogens (primary N) is 1. The summed E-state index contributed by atoms with van der Waals surface area (Å²) in [5.41, 5.74) is 9.95. The van der Waals surface area contributed by atoms with Gasteiger partial charge >= 0.3 is 5.97 Å². The summed E-state index contributed by atoms with van der Waals surface area (Å²) in [5, 5.41) is 7.48. The van der Waals surface area contributed by atoms with Crippen LogP contribution in [-0.4, -0.2) is 32.0 Å². The molecule has 2 aromatic carbocycles. The summed E-state index contributed by atoms with van der Waals surface area (Å²) in [5.74, 6) is 0.441. The molecule has 0 radical (unpaired) electrons. The minimum atomic E-state index is -0.170. The Morgan fingerprint density at radius 3 is 2.50 bits per heavy atom. The highest BCUT2D eigenvalue weighted by molar-refractivity contribution is 5.95. The molecule has 0 aromatic heterocycles. The van der Waals surface area contributed by atoms with Gasteiger partial charge in [-0.15, -0.1) is 0 Å². The number of amidine groups is 1. The number of hydrogen-bond acceptors (Lipinski definition) is 4. The largest absolute Gasteiger partial charge is 0.469 e. The zero-order valence-corrected chi connectivity index (χ0v) is 15.1. The van der Waals surface area contributed by atoms with Crippen molar-refractivity contribution in [2.24, 2.45) is 5.73 Å². The molecule has 1 unspecified atom stereocenters. The molecule has 0 saturated carbocycles. The average molecular weight is 351 g/mol. The number of nitrogens with zero attached hydrogens (tertiary/aromatic N) is 1. The monoisotopic (exact) mass is 351 g/mol. The van der Waals surface area contributed by atoms with Gasteiger partial charge in [-0.1, -0.05) is 24.3 Å². The summed E-state index contributed by atoms with van der Waals surface area (Å²) < 4.78 is 4.69. The molecule has 1 aliphatic rings. The normalized spacial score (nSPS) is 16.5. The van der Waals surface area contributed by atoms with Gasteiger partial charge in [0.05, 0.1) is 7.11 Å². The summed E-state index contributed by atoms with van der Waals surface area (Å²) in [7, 11) is 1.42. The van der Waals surface area contributed by atoms with E-state index in [9.17, 15) is 4.79 Å². The van der Waals surface area contributed by atoms with E-state index in [4.69, 9.17) is 11.1 Å². The van der Waals surface area contributed by atoms with Crippen LogP contribution in [0.2, 0.25) is 0 Å². The van der Waals surface area contributed by atoms with Crippen molar-refractivity contribution >= 4 is 17.5 Å². The first-order chi connectivity index (χ1) is 12.6. The third-order valence-corrected chi connectivity index (χ3v) is 5.03. The topological polar surface area (TPSA) is 79.4 Å². The maximum absolute atomic E-state index is 11.2. The Kier molecular flexibility index (Phi) is 5.56. The minimum Gasteiger partial charge on any atom is -0.469 e. The smallest absolute Gasteiger partial charge is 0.305 e. The Morgan fingerprint density at radius 1 is 1.19 bits per heavy atom. The lowest BCUT2D eigenvalue weighted by Crippen LogP contribution is -2.19. The standard InChI is InChI=1S/C21H25N3O2/c1-26-20(25)11-4-15-2-5-16(6-3-15)18-12-13-24(14-18)19-9-7-17(8-10-19)21(22)23/h2-3,5-10,18H,4,11-14H2,1H3,(H3,22,23). The fourth-order valence-corrected chi connectivity index (χ4v) is 3.42. The second kappa shape index (κ2) is 8.04. The van der Waals surface area contributed by atoms with Crippen LogP contribution < -0.4 is 10.6 Å². The van der Waals surface area contributed by atoms with Gasteiger partial charge in [-0.2, -0.15) is 0 Å². The number of rotatable bonds is 6. The van der Waals surface area contributed by atoms with Gasteiger partial charge in [0.2, 0.25) is 0 Å². The first kappa shape index (κ1) is 18.0. The fraction of sp³-hybridized carbons (Fsp3) is 0.333. The summed E-state index contributed by atoms with van der Waals surface area (Å²) in [4.78, 5) is 13.6. The van der Waals surface area contributed by atoms with Crippen LogP contribution in [0.1, 0.15) is 35.4 Å². The number of hydrogen-bond donors (Lipinski definition) is 2. The van der Waals surface area contributed by atoms with E-state index in [-0.39, 0.29) is 11.8 Å². The van der Waals surface area contributed by atoms with Crippen molar-refractivity contribution in [1.82, 2.24) is 0 Å². The SMILES string of the molecule is COC(=O)CCc1ccc(C2CCN(c3ccc(C(=N)N)cc3)C2)cc1. The lowest BCUT2D eigenvalue weighted by atomic mass is 9.96. The highest BCUT2D eigenvalue weighted by Gasteiger charge is 2.24. The van der Waals surface area contributed by atoms with Gasteiger partial charge < -0.3 is 15.4 Å². The molecule has 3 rings (SSSR count). The molecule has 1 fully saturated rings. The molecule has 1 atom stereocenters. The molecule has 1 heterocycles. The maximum atomic E-state index is 11.2. The van der Waals surface area contributed by atoms with E-state index in [0.717, 1.165) is 30.6 Å². The van der Waals surface area contributed by atoms with Crippen LogP contribution in [0.15, 0.2) is 48.5 Å². The molecule has 0 bridgehead atoms. The van der Waals surface area contributed by atoms with Crippen molar-refractivity contribution in [2.45, 2.75) is 25.2 Å². The molecule has 1 aliphatic heterocycles. The second-order valence-corrected chi connectivity index (χ2v) is 6.71. The van der Waals surface area contributed by atoms with Gasteiger partial charge in [0, 0.05) is 36.7 Å². The molecule has 0 aliphatic carbocycles. The first-order valence-electron chi connectivity index (χ1n) is 8.92. The number of aryl methyl sites for hydroxylation is 1. The van der Waals surface area contributed by atoms with Crippen LogP contribution in [0.3, 0.4) is 0 Å². The van der Waals surface area contributed by atoms with Crippen LogP contribution in [0.4, 0.5) is 5.69 Å². The van der Waals surface area contributed by atoms with Crippen molar-refractivity contribution in [3.05, 3.63) is 65.2 Å². The van der Waals surface area contributed by atoms with Crippen LogP contribution in [0.25, 0.3) is 0 Å². The van der Waals surface area contributed by atoms with E-state index in [1.165, 1.54) is 18.4 Å². The number of ether oxygens (including phenoxy) is 1. The Balaban J connectivity index is 1.59. The molecule has 1 saturated heterocycles. The minimum absolute atomic E-state index is 0.100. The molecule has 3 N–H and O–H groups in total. The second-order valence-electron chi connectivity index (χ2n) is 6.71. The van der Waals surface area contributed by atoms with Gasteiger partial charge in [-0.05, 0) is 48.2 Å². The first-order valence-corrected chi connectivity index (χ1v) is 8.92. The summed E-state index contributed by atoms with van der Waals surface area (Å²) in [6.07, 6.45) is 2.26. The molecule has 5 nitrogen and oxygen atoms in total. The number of nitrogen functional groups attached to an aromatic ring is 1. The van der Waals surface area contributed by atoms with Crippen molar-refractivity contribution < 1.29 is 9.53 Å². The predicted octanol–water partition coefficient (Wildman–Crippen LogP) is 3.07. The molecule has 5 heteroatoms. The highest BCUT2D eigenvalue weighted by Crippen LogP contribution is 2.31. The lowest BCUT2D eigenvalue weighted by Gasteiger charge is -2.19. The van der Waals surface area contributed by atoms with Gasteiger partial charge in [-0.3, -0.25) is 10.2 Å². The highest BCUT2D eigenvalue weighted by atomic mass is 16.5. The third kappa shape index (κ3) is 4.23. The van der Waals surface area contributed by atoms with E-state index in [2.05, 4.69) is 33.9 Å². The molecule has 26 heavy (non-hydrogen) atoms. The van der Waals surface area contributed by atoms with E-state index in [1.54, 1.807) is 0 Å². The Hall–Kier alpha value is -2.82.